The number of H-pyrrole nitrogens is 1. The van der Waals surface area contributed by atoms with Crippen LogP contribution in [0.5, 0.6) is 11.5 Å². The van der Waals surface area contributed by atoms with E-state index in [-0.39, 0.29) is 11.4 Å². The highest BCUT2D eigenvalue weighted by Crippen LogP contribution is 2.23. The SMILES string of the molecule is O=S(=O)(NCc1cccc2[nH]ccc12)c1ccc(Oc2ccccc2)cc1. The fourth-order valence-corrected chi connectivity index (χ4v) is 3.88. The number of para-hydroxylation sites is 1. The molecule has 27 heavy (non-hydrogen) atoms. The van der Waals surface area contributed by atoms with Crippen molar-refractivity contribution >= 4 is 20.9 Å². The van der Waals surface area contributed by atoms with Gasteiger partial charge in [-0.1, -0.05) is 30.3 Å². The first kappa shape index (κ1) is 17.3. The molecule has 4 aromatic rings. The first-order valence-corrected chi connectivity index (χ1v) is 9.98. The third kappa shape index (κ3) is 3.86. The molecule has 0 saturated heterocycles. The van der Waals surface area contributed by atoms with Crippen molar-refractivity contribution in [2.24, 2.45) is 0 Å². The number of benzene rings is 3. The Morgan fingerprint density at radius 3 is 2.33 bits per heavy atom. The Bertz CT molecular complexity index is 1150. The summed E-state index contributed by atoms with van der Waals surface area (Å²) in [5.74, 6) is 1.28. The van der Waals surface area contributed by atoms with Crippen molar-refractivity contribution in [2.75, 3.05) is 0 Å². The molecule has 2 N–H and O–H groups in total. The second kappa shape index (κ2) is 7.26. The van der Waals surface area contributed by atoms with E-state index in [4.69, 9.17) is 4.74 Å². The molecule has 5 nitrogen and oxygen atoms in total. The molecule has 0 fully saturated rings. The monoisotopic (exact) mass is 378 g/mol. The Balaban J connectivity index is 1.48. The molecule has 0 radical (unpaired) electrons. The van der Waals surface area contributed by atoms with Crippen LogP contribution in [0.3, 0.4) is 0 Å². The summed E-state index contributed by atoms with van der Waals surface area (Å²) < 4.78 is 33.5. The van der Waals surface area contributed by atoms with Crippen LogP contribution in [-0.4, -0.2) is 13.4 Å². The molecule has 0 amide bonds. The molecule has 1 aromatic heterocycles. The summed E-state index contributed by atoms with van der Waals surface area (Å²) in [5.41, 5.74) is 1.90. The molecule has 4 rings (SSSR count). The van der Waals surface area contributed by atoms with Gasteiger partial charge < -0.3 is 9.72 Å². The third-order valence-corrected chi connectivity index (χ3v) is 5.67. The zero-order chi connectivity index (χ0) is 18.7. The summed E-state index contributed by atoms with van der Waals surface area (Å²) in [6.45, 7) is 0.222. The number of fused-ring (bicyclic) bond motifs is 1. The molecule has 6 heteroatoms. The summed E-state index contributed by atoms with van der Waals surface area (Å²) in [4.78, 5) is 3.32. The molecule has 0 saturated carbocycles. The normalized spacial score (nSPS) is 11.6. The maximum Gasteiger partial charge on any atom is 0.240 e. The van der Waals surface area contributed by atoms with Gasteiger partial charge in [0, 0.05) is 23.6 Å². The summed E-state index contributed by atoms with van der Waals surface area (Å²) in [6.07, 6.45) is 1.84. The van der Waals surface area contributed by atoms with Crippen LogP contribution in [0.2, 0.25) is 0 Å². The minimum absolute atomic E-state index is 0.198. The van der Waals surface area contributed by atoms with E-state index < -0.39 is 10.0 Å². The summed E-state index contributed by atoms with van der Waals surface area (Å²) >= 11 is 0. The fraction of sp³-hybridized carbons (Fsp3) is 0.0476. The summed E-state index contributed by atoms with van der Waals surface area (Å²) in [6, 6.07) is 23.4. The predicted octanol–water partition coefficient (Wildman–Crippen LogP) is 4.44. The molecule has 136 valence electrons. The minimum atomic E-state index is -3.62. The first-order valence-electron chi connectivity index (χ1n) is 8.49. The number of hydrogen-bond donors (Lipinski definition) is 2. The Labute approximate surface area is 157 Å². The first-order chi connectivity index (χ1) is 13.1. The maximum atomic E-state index is 12.6. The quantitative estimate of drug-likeness (QED) is 0.521. The zero-order valence-corrected chi connectivity index (χ0v) is 15.2. The molecule has 0 aliphatic carbocycles. The molecular formula is C21H18N2O3S. The fourth-order valence-electron chi connectivity index (χ4n) is 2.87. The standard InChI is InChI=1S/C21H18N2O3S/c24-27(25,23-15-16-5-4-8-21-20(16)13-14-22-21)19-11-9-18(10-12-19)26-17-6-2-1-3-7-17/h1-14,22-23H,15H2. The van der Waals surface area contributed by atoms with Crippen LogP contribution in [0, 0.1) is 0 Å². The smallest absolute Gasteiger partial charge is 0.240 e. The highest BCUT2D eigenvalue weighted by atomic mass is 32.2. The lowest BCUT2D eigenvalue weighted by Crippen LogP contribution is -2.23. The second-order valence-electron chi connectivity index (χ2n) is 6.07. The number of ether oxygens (including phenoxy) is 1. The van der Waals surface area contributed by atoms with Crippen molar-refractivity contribution < 1.29 is 13.2 Å². The van der Waals surface area contributed by atoms with Crippen LogP contribution in [-0.2, 0) is 16.6 Å². The molecule has 1 heterocycles. The van der Waals surface area contributed by atoms with E-state index in [1.54, 1.807) is 12.1 Å². The number of rotatable bonds is 6. The maximum absolute atomic E-state index is 12.6. The zero-order valence-electron chi connectivity index (χ0n) is 14.4. The number of aromatic nitrogens is 1. The van der Waals surface area contributed by atoms with Crippen LogP contribution in [0.25, 0.3) is 10.9 Å². The lowest BCUT2D eigenvalue weighted by Gasteiger charge is -2.09. The van der Waals surface area contributed by atoms with E-state index in [0.29, 0.717) is 11.5 Å². The largest absolute Gasteiger partial charge is 0.457 e. The average molecular weight is 378 g/mol. The van der Waals surface area contributed by atoms with Crippen LogP contribution in [0.15, 0.2) is 90.0 Å². The van der Waals surface area contributed by atoms with Gasteiger partial charge in [0.05, 0.1) is 4.90 Å². The Hall–Kier alpha value is -3.09. The predicted molar refractivity (Wildman–Crippen MR) is 105 cm³/mol. The van der Waals surface area contributed by atoms with Gasteiger partial charge in [0.2, 0.25) is 10.0 Å². The van der Waals surface area contributed by atoms with E-state index in [2.05, 4.69) is 9.71 Å². The van der Waals surface area contributed by atoms with E-state index in [9.17, 15) is 8.42 Å². The minimum Gasteiger partial charge on any atom is -0.457 e. The van der Waals surface area contributed by atoms with Gasteiger partial charge in [0.1, 0.15) is 11.5 Å². The van der Waals surface area contributed by atoms with Crippen molar-refractivity contribution in [3.05, 3.63) is 90.6 Å². The second-order valence-corrected chi connectivity index (χ2v) is 7.83. The molecule has 0 unspecified atom stereocenters. The highest BCUT2D eigenvalue weighted by molar-refractivity contribution is 7.89. The lowest BCUT2D eigenvalue weighted by atomic mass is 10.1. The topological polar surface area (TPSA) is 71.2 Å². The van der Waals surface area contributed by atoms with Gasteiger partial charge >= 0.3 is 0 Å². The number of sulfonamides is 1. The van der Waals surface area contributed by atoms with Gasteiger partial charge in [-0.15, -0.1) is 0 Å². The van der Waals surface area contributed by atoms with Gasteiger partial charge in [-0.3, -0.25) is 0 Å². The van der Waals surface area contributed by atoms with E-state index in [1.165, 1.54) is 12.1 Å². The number of hydrogen-bond acceptors (Lipinski definition) is 3. The van der Waals surface area contributed by atoms with Crippen molar-refractivity contribution in [2.45, 2.75) is 11.4 Å². The van der Waals surface area contributed by atoms with Gasteiger partial charge in [0.25, 0.3) is 0 Å². The average Bonchev–Trinajstić information content (AvgIpc) is 3.17. The van der Waals surface area contributed by atoms with Crippen LogP contribution in [0.1, 0.15) is 5.56 Å². The number of nitrogens with one attached hydrogen (secondary N) is 2. The Kier molecular flexibility index (Phi) is 4.66. The van der Waals surface area contributed by atoms with Gasteiger partial charge in [-0.2, -0.15) is 0 Å². The van der Waals surface area contributed by atoms with Crippen LogP contribution < -0.4 is 9.46 Å². The molecule has 0 aliphatic rings. The highest BCUT2D eigenvalue weighted by Gasteiger charge is 2.14. The lowest BCUT2D eigenvalue weighted by molar-refractivity contribution is 0.482. The molecular weight excluding hydrogens is 360 g/mol. The Morgan fingerprint density at radius 2 is 1.56 bits per heavy atom. The van der Waals surface area contributed by atoms with E-state index in [1.807, 2.05) is 60.8 Å². The molecule has 0 aliphatic heterocycles. The van der Waals surface area contributed by atoms with Crippen LogP contribution >= 0.6 is 0 Å². The molecule has 0 spiro atoms. The van der Waals surface area contributed by atoms with Crippen molar-refractivity contribution in [3.63, 3.8) is 0 Å². The molecule has 3 aromatic carbocycles. The Morgan fingerprint density at radius 1 is 0.815 bits per heavy atom. The summed E-state index contributed by atoms with van der Waals surface area (Å²) in [7, 11) is -3.62. The van der Waals surface area contributed by atoms with Gasteiger partial charge in [-0.25, -0.2) is 13.1 Å². The van der Waals surface area contributed by atoms with Crippen molar-refractivity contribution in [1.82, 2.24) is 9.71 Å². The molecule has 0 atom stereocenters. The van der Waals surface area contributed by atoms with Crippen molar-refractivity contribution in [1.29, 1.82) is 0 Å². The van der Waals surface area contributed by atoms with Crippen LogP contribution in [0.4, 0.5) is 0 Å². The van der Waals surface area contributed by atoms with E-state index in [0.717, 1.165) is 16.5 Å². The number of aromatic amines is 1. The van der Waals surface area contributed by atoms with E-state index >= 15 is 0 Å². The third-order valence-electron chi connectivity index (χ3n) is 4.25. The van der Waals surface area contributed by atoms with Gasteiger partial charge in [-0.05, 0) is 54.1 Å². The summed E-state index contributed by atoms with van der Waals surface area (Å²) in [5, 5.41) is 1.01. The van der Waals surface area contributed by atoms with Crippen molar-refractivity contribution in [3.8, 4) is 11.5 Å². The molecule has 0 bridgehead atoms. The van der Waals surface area contributed by atoms with Gasteiger partial charge in [0.15, 0.2) is 0 Å².